The molecule has 0 bridgehead atoms. The van der Waals surface area contributed by atoms with E-state index < -0.39 is 0 Å². The first-order valence-electron chi connectivity index (χ1n) is 14.9. The highest BCUT2D eigenvalue weighted by atomic mass is 35.5. The van der Waals surface area contributed by atoms with Crippen molar-refractivity contribution < 1.29 is 36.0 Å². The summed E-state index contributed by atoms with van der Waals surface area (Å²) in [5, 5.41) is 0. The second-order valence-electron chi connectivity index (χ2n) is 13.4. The Morgan fingerprint density at radius 3 is 2.37 bits per heavy atom. The quantitative estimate of drug-likeness (QED) is 0.390. The minimum atomic E-state index is -0.106. The smallest absolute Gasteiger partial charge is 0.372 e. The molecule has 4 saturated carbocycles. The van der Waals surface area contributed by atoms with Crippen molar-refractivity contribution in [1.82, 2.24) is 0 Å². The molecule has 1 aromatic rings. The highest BCUT2D eigenvalue weighted by Crippen LogP contribution is 2.68. The molecule has 6 heteroatoms. The van der Waals surface area contributed by atoms with E-state index in [4.69, 9.17) is 9.47 Å². The van der Waals surface area contributed by atoms with E-state index in [2.05, 4.69) is 20.8 Å². The van der Waals surface area contributed by atoms with Crippen LogP contribution in [0.5, 0.6) is 0 Å². The van der Waals surface area contributed by atoms with E-state index in [1.165, 1.54) is 52.1 Å². The molecular weight excluding hydrogens is 498 g/mol. The van der Waals surface area contributed by atoms with E-state index in [1.54, 1.807) is 0 Å². The van der Waals surface area contributed by atoms with Crippen LogP contribution in [0.25, 0.3) is 0 Å². The summed E-state index contributed by atoms with van der Waals surface area (Å²) in [5.74, 6) is 4.28. The Bertz CT molecular complexity index is 971. The summed E-state index contributed by atoms with van der Waals surface area (Å²) >= 11 is 0. The molecule has 38 heavy (non-hydrogen) atoms. The number of aromatic nitrogens is 1. The third kappa shape index (κ3) is 5.51. The van der Waals surface area contributed by atoms with Crippen molar-refractivity contribution in [2.24, 2.45) is 46.3 Å². The molecule has 0 unspecified atom stereocenters. The van der Waals surface area contributed by atoms with Gasteiger partial charge in [0.2, 0.25) is 6.54 Å². The minimum absolute atomic E-state index is 0. The van der Waals surface area contributed by atoms with Crippen molar-refractivity contribution in [3.63, 3.8) is 0 Å². The lowest BCUT2D eigenvalue weighted by Gasteiger charge is -2.61. The first-order chi connectivity index (χ1) is 17.7. The van der Waals surface area contributed by atoms with Crippen molar-refractivity contribution in [2.45, 2.75) is 104 Å². The molecule has 0 aromatic carbocycles. The third-order valence-electron chi connectivity index (χ3n) is 11.8. The topological polar surface area (TPSA) is 56.5 Å². The van der Waals surface area contributed by atoms with Gasteiger partial charge in [0, 0.05) is 18.6 Å². The van der Waals surface area contributed by atoms with Gasteiger partial charge >= 0.3 is 11.9 Å². The van der Waals surface area contributed by atoms with Gasteiger partial charge in [0.05, 0.1) is 7.11 Å². The molecule has 9 atom stereocenters. The van der Waals surface area contributed by atoms with E-state index in [0.29, 0.717) is 35.6 Å². The van der Waals surface area contributed by atoms with Crippen molar-refractivity contribution in [1.29, 1.82) is 0 Å². The van der Waals surface area contributed by atoms with Gasteiger partial charge in [0.25, 0.3) is 0 Å². The lowest BCUT2D eigenvalue weighted by atomic mass is 9.44. The molecule has 0 amide bonds. The molecule has 5 nitrogen and oxygen atoms in total. The fourth-order valence-electron chi connectivity index (χ4n) is 9.86. The van der Waals surface area contributed by atoms with Crippen molar-refractivity contribution >= 4 is 11.9 Å². The summed E-state index contributed by atoms with van der Waals surface area (Å²) in [5.41, 5.74) is 0.803. The average Bonchev–Trinajstić information content (AvgIpc) is 3.25. The predicted molar refractivity (Wildman–Crippen MR) is 142 cm³/mol. The zero-order valence-electron chi connectivity index (χ0n) is 23.9. The number of rotatable bonds is 7. The molecule has 0 N–H and O–H groups in total. The number of hydrogen-bond donors (Lipinski definition) is 0. The number of carbonyl (C=O) groups is 2. The second-order valence-corrected chi connectivity index (χ2v) is 13.4. The number of nitrogens with zero attached hydrogens (tertiary/aromatic N) is 1. The van der Waals surface area contributed by atoms with E-state index in [0.717, 1.165) is 42.9 Å². The summed E-state index contributed by atoms with van der Waals surface area (Å²) in [6, 6.07) is 5.86. The number of halogens is 1. The Hall–Kier alpha value is -1.62. The van der Waals surface area contributed by atoms with E-state index in [9.17, 15) is 9.59 Å². The van der Waals surface area contributed by atoms with E-state index in [1.807, 2.05) is 35.2 Å². The van der Waals surface area contributed by atoms with E-state index >= 15 is 0 Å². The van der Waals surface area contributed by atoms with Gasteiger partial charge in [0.15, 0.2) is 12.4 Å². The lowest BCUT2D eigenvalue weighted by molar-refractivity contribution is -0.686. The number of methoxy groups -OCH3 is 1. The molecule has 4 aliphatic carbocycles. The number of carbonyl (C=O) groups excluding carboxylic acids is 2. The summed E-state index contributed by atoms with van der Waals surface area (Å²) < 4.78 is 12.8. The molecule has 1 heterocycles. The van der Waals surface area contributed by atoms with Gasteiger partial charge in [-0.2, -0.15) is 4.57 Å². The molecule has 4 aliphatic rings. The fraction of sp³-hybridized carbons (Fsp3) is 0.781. The molecule has 4 fully saturated rings. The molecule has 0 spiro atoms. The van der Waals surface area contributed by atoms with Crippen LogP contribution in [0.15, 0.2) is 30.6 Å². The van der Waals surface area contributed by atoms with Crippen LogP contribution < -0.4 is 17.0 Å². The van der Waals surface area contributed by atoms with Crippen LogP contribution in [0.2, 0.25) is 0 Å². The maximum Gasteiger partial charge on any atom is 0.372 e. The molecular formula is C32H48ClNO4. The normalized spacial score (nSPS) is 38.5. The summed E-state index contributed by atoms with van der Waals surface area (Å²) in [7, 11) is 1.50. The number of fused-ring (bicyclic) bond motifs is 5. The van der Waals surface area contributed by atoms with Gasteiger partial charge in [-0.1, -0.05) is 26.8 Å². The Labute approximate surface area is 235 Å². The van der Waals surface area contributed by atoms with Crippen molar-refractivity contribution in [2.75, 3.05) is 7.11 Å². The summed E-state index contributed by atoms with van der Waals surface area (Å²) in [6.45, 7) is 7.85. The highest BCUT2D eigenvalue weighted by molar-refractivity contribution is 5.69. The molecule has 212 valence electrons. The third-order valence-corrected chi connectivity index (χ3v) is 11.8. The Kier molecular flexibility index (Phi) is 9.17. The van der Waals surface area contributed by atoms with Crippen molar-refractivity contribution in [3.8, 4) is 0 Å². The fourth-order valence-corrected chi connectivity index (χ4v) is 9.86. The summed E-state index contributed by atoms with van der Waals surface area (Å²) in [4.78, 5) is 24.4. The van der Waals surface area contributed by atoms with Crippen LogP contribution in [0.4, 0.5) is 0 Å². The monoisotopic (exact) mass is 545 g/mol. The van der Waals surface area contributed by atoms with Gasteiger partial charge in [-0.25, -0.2) is 4.79 Å². The van der Waals surface area contributed by atoms with Crippen LogP contribution >= 0.6 is 0 Å². The average molecular weight is 546 g/mol. The standard InChI is InChI=1S/C32H48NO4.ClH/c1-22(8-13-29(34)36-4)26-11-12-27-25-10-9-23-20-24(37-30(35)21-33-18-6-5-7-19-33)14-16-31(23,2)28(25)15-17-32(26,27)3;/h5-7,18-19,22-28H,8-17,20-21H2,1-4H3;1H/q+1;/p-1/t22-,23-,24-,25+,26-,27+,28+,31+,32-;/m1./s1. The Balaban J connectivity index is 0.00000336. The number of pyridine rings is 1. The number of ether oxygens (including phenoxy) is 2. The van der Waals surface area contributed by atoms with Gasteiger partial charge in [-0.3, -0.25) is 4.79 Å². The van der Waals surface area contributed by atoms with Gasteiger partial charge in [-0.05, 0) is 111 Å². The zero-order chi connectivity index (χ0) is 26.2. The number of esters is 2. The molecule has 0 aliphatic heterocycles. The predicted octanol–water partition coefficient (Wildman–Crippen LogP) is 3.14. The van der Waals surface area contributed by atoms with Gasteiger partial charge in [0.1, 0.15) is 6.10 Å². The Morgan fingerprint density at radius 2 is 1.63 bits per heavy atom. The second kappa shape index (κ2) is 11.9. The maximum atomic E-state index is 12.6. The highest BCUT2D eigenvalue weighted by Gasteiger charge is 2.60. The first kappa shape index (κ1) is 29.4. The van der Waals surface area contributed by atoms with Crippen LogP contribution in [-0.4, -0.2) is 25.2 Å². The van der Waals surface area contributed by atoms with Crippen molar-refractivity contribution in [3.05, 3.63) is 30.6 Å². The minimum Gasteiger partial charge on any atom is -1.00 e. The van der Waals surface area contributed by atoms with Crippen LogP contribution in [0.1, 0.15) is 91.4 Å². The SMILES string of the molecule is COC(=O)CC[C@@H](C)[C@H]1CC[C@H]2[C@@H]3CC[C@@H]4C[C@H](OC(=O)C[n+]5ccccc5)CC[C@]4(C)[C@H]3CC[C@]12C.[Cl-]. The molecule has 0 radical (unpaired) electrons. The van der Waals surface area contributed by atoms with E-state index in [-0.39, 0.29) is 30.4 Å². The lowest BCUT2D eigenvalue weighted by Crippen LogP contribution is -3.00. The molecule has 1 aromatic heterocycles. The molecule has 0 saturated heterocycles. The van der Waals surface area contributed by atoms with Crippen LogP contribution in [0.3, 0.4) is 0 Å². The van der Waals surface area contributed by atoms with Crippen LogP contribution in [0, 0.1) is 46.3 Å². The van der Waals surface area contributed by atoms with Gasteiger partial charge < -0.3 is 21.9 Å². The maximum absolute atomic E-state index is 12.6. The largest absolute Gasteiger partial charge is 1.00 e. The van der Waals surface area contributed by atoms with Gasteiger partial charge in [-0.15, -0.1) is 0 Å². The first-order valence-corrected chi connectivity index (χ1v) is 14.9. The van der Waals surface area contributed by atoms with Crippen LogP contribution in [-0.2, 0) is 25.6 Å². The Morgan fingerprint density at radius 1 is 0.921 bits per heavy atom. The zero-order valence-corrected chi connectivity index (χ0v) is 24.6. The number of hydrogen-bond acceptors (Lipinski definition) is 4. The molecule has 5 rings (SSSR count). The summed E-state index contributed by atoms with van der Waals surface area (Å²) in [6.07, 6.45) is 16.7.